The third kappa shape index (κ3) is 2.81. The predicted molar refractivity (Wildman–Crippen MR) is 78.2 cm³/mol. The minimum absolute atomic E-state index is 0.0371. The zero-order chi connectivity index (χ0) is 15.0. The summed E-state index contributed by atoms with van der Waals surface area (Å²) in [6, 6.07) is 0. The van der Waals surface area contributed by atoms with E-state index in [1.54, 1.807) is 0 Å². The molecule has 114 valence electrons. The summed E-state index contributed by atoms with van der Waals surface area (Å²) in [6.07, 6.45) is 1.95. The first-order chi connectivity index (χ1) is 10.1. The Balaban J connectivity index is 1.95. The molecule has 2 amide bonds. The van der Waals surface area contributed by atoms with Crippen LogP contribution in [0.25, 0.3) is 0 Å². The van der Waals surface area contributed by atoms with Crippen LogP contribution in [0.15, 0.2) is 0 Å². The summed E-state index contributed by atoms with van der Waals surface area (Å²) in [7, 11) is 0. The molecule has 1 aromatic rings. The number of primary amides is 1. The molecular weight excluding hydrogens is 292 g/mol. The Hall–Kier alpha value is -1.44. The molecule has 1 aromatic heterocycles. The largest absolute Gasteiger partial charge is 0.365 e. The number of ether oxygens (including phenoxy) is 2. The Morgan fingerprint density at radius 3 is 2.86 bits per heavy atom. The molecule has 2 heterocycles. The first kappa shape index (κ1) is 14.5. The summed E-state index contributed by atoms with van der Waals surface area (Å²) in [6.45, 7) is 2.87. The molecule has 1 aliphatic carbocycles. The van der Waals surface area contributed by atoms with E-state index in [-0.39, 0.29) is 11.8 Å². The zero-order valence-corrected chi connectivity index (χ0v) is 12.6. The summed E-state index contributed by atoms with van der Waals surface area (Å²) in [5, 5.41) is 3.37. The minimum atomic E-state index is -0.518. The van der Waals surface area contributed by atoms with Crippen LogP contribution in [-0.4, -0.2) is 25.0 Å². The second-order valence-electron chi connectivity index (χ2n) is 5.18. The number of amides is 2. The van der Waals surface area contributed by atoms with Crippen LogP contribution in [-0.2, 0) is 20.7 Å². The first-order valence-corrected chi connectivity index (χ1v) is 7.92. The molecule has 1 aliphatic heterocycles. The Bertz CT molecular complexity index is 580. The number of carbonyl (C=O) groups is 2. The van der Waals surface area contributed by atoms with Crippen molar-refractivity contribution >= 4 is 28.2 Å². The van der Waals surface area contributed by atoms with Gasteiger partial charge in [-0.2, -0.15) is 0 Å². The molecule has 1 atom stereocenters. The van der Waals surface area contributed by atoms with Crippen molar-refractivity contribution in [1.29, 1.82) is 0 Å². The second-order valence-corrected chi connectivity index (χ2v) is 6.24. The molecule has 1 saturated carbocycles. The van der Waals surface area contributed by atoms with Crippen LogP contribution >= 0.6 is 11.3 Å². The van der Waals surface area contributed by atoms with Crippen molar-refractivity contribution < 1.29 is 19.1 Å². The lowest BCUT2D eigenvalue weighted by atomic mass is 10.0. The van der Waals surface area contributed by atoms with Crippen molar-refractivity contribution in [1.82, 2.24) is 0 Å². The van der Waals surface area contributed by atoms with Crippen LogP contribution in [0.4, 0.5) is 5.00 Å². The minimum Gasteiger partial charge on any atom is -0.365 e. The maximum Gasteiger partial charge on any atom is 0.252 e. The van der Waals surface area contributed by atoms with Gasteiger partial charge in [-0.15, -0.1) is 11.3 Å². The summed E-state index contributed by atoms with van der Waals surface area (Å²) in [5.74, 6) is -0.482. The van der Waals surface area contributed by atoms with Crippen molar-refractivity contribution in [3.8, 4) is 0 Å². The van der Waals surface area contributed by atoms with E-state index in [9.17, 15) is 9.59 Å². The van der Waals surface area contributed by atoms with Gasteiger partial charge in [0, 0.05) is 12.5 Å². The van der Waals surface area contributed by atoms with Gasteiger partial charge in [0.05, 0.1) is 17.0 Å². The van der Waals surface area contributed by atoms with E-state index >= 15 is 0 Å². The topological polar surface area (TPSA) is 90.7 Å². The van der Waals surface area contributed by atoms with Crippen LogP contribution in [0.2, 0.25) is 0 Å². The Morgan fingerprint density at radius 1 is 1.48 bits per heavy atom. The maximum atomic E-state index is 12.0. The normalized spacial score (nSPS) is 20.9. The van der Waals surface area contributed by atoms with E-state index < -0.39 is 12.2 Å². The van der Waals surface area contributed by atoms with E-state index in [2.05, 4.69) is 5.32 Å². The van der Waals surface area contributed by atoms with Crippen molar-refractivity contribution in [2.75, 3.05) is 18.5 Å². The van der Waals surface area contributed by atoms with Crippen LogP contribution < -0.4 is 11.1 Å². The molecule has 0 saturated heterocycles. The molecule has 0 spiro atoms. The molecule has 1 unspecified atom stereocenters. The summed E-state index contributed by atoms with van der Waals surface area (Å²) in [5.41, 5.74) is 6.77. The summed E-state index contributed by atoms with van der Waals surface area (Å²) >= 11 is 1.33. The molecule has 0 radical (unpaired) electrons. The van der Waals surface area contributed by atoms with Crippen molar-refractivity contribution in [2.45, 2.75) is 32.5 Å². The SMILES string of the molecule is CCOC1OCCc2c1sc(NC(=O)C1CC1)c2C(N)=O. The highest BCUT2D eigenvalue weighted by molar-refractivity contribution is 7.17. The van der Waals surface area contributed by atoms with Crippen molar-refractivity contribution in [2.24, 2.45) is 11.7 Å². The number of hydrogen-bond acceptors (Lipinski definition) is 5. The lowest BCUT2D eigenvalue weighted by Crippen LogP contribution is -2.21. The molecule has 2 aliphatic rings. The number of hydrogen-bond donors (Lipinski definition) is 2. The van der Waals surface area contributed by atoms with Gasteiger partial charge in [0.25, 0.3) is 5.91 Å². The lowest BCUT2D eigenvalue weighted by molar-refractivity contribution is -0.147. The Kier molecular flexibility index (Phi) is 3.97. The Labute approximate surface area is 126 Å². The molecule has 0 bridgehead atoms. The third-order valence-electron chi connectivity index (χ3n) is 3.62. The van der Waals surface area contributed by atoms with E-state index in [0.717, 1.165) is 23.3 Å². The van der Waals surface area contributed by atoms with Crippen molar-refractivity contribution in [3.63, 3.8) is 0 Å². The highest BCUT2D eigenvalue weighted by atomic mass is 32.1. The van der Waals surface area contributed by atoms with E-state index in [1.165, 1.54) is 11.3 Å². The van der Waals surface area contributed by atoms with Gasteiger partial charge in [0.2, 0.25) is 5.91 Å². The van der Waals surface area contributed by atoms with Gasteiger partial charge >= 0.3 is 0 Å². The first-order valence-electron chi connectivity index (χ1n) is 7.11. The van der Waals surface area contributed by atoms with E-state index in [0.29, 0.717) is 30.2 Å². The van der Waals surface area contributed by atoms with Gasteiger partial charge in [-0.05, 0) is 31.7 Å². The fraction of sp³-hybridized carbons (Fsp3) is 0.571. The van der Waals surface area contributed by atoms with Gasteiger partial charge in [-0.3, -0.25) is 9.59 Å². The number of fused-ring (bicyclic) bond motifs is 1. The quantitative estimate of drug-likeness (QED) is 0.867. The maximum absolute atomic E-state index is 12.0. The van der Waals surface area contributed by atoms with E-state index in [1.807, 2.05) is 6.92 Å². The van der Waals surface area contributed by atoms with Crippen LogP contribution in [0.1, 0.15) is 46.9 Å². The van der Waals surface area contributed by atoms with E-state index in [4.69, 9.17) is 15.2 Å². The van der Waals surface area contributed by atoms with Crippen LogP contribution in [0, 0.1) is 5.92 Å². The smallest absolute Gasteiger partial charge is 0.252 e. The van der Waals surface area contributed by atoms with Gasteiger partial charge in [0.1, 0.15) is 5.00 Å². The van der Waals surface area contributed by atoms with Gasteiger partial charge < -0.3 is 20.5 Å². The summed E-state index contributed by atoms with van der Waals surface area (Å²) in [4.78, 5) is 24.6. The van der Waals surface area contributed by atoms with Gasteiger partial charge in [0.15, 0.2) is 6.29 Å². The van der Waals surface area contributed by atoms with Gasteiger partial charge in [-0.25, -0.2) is 0 Å². The van der Waals surface area contributed by atoms with Crippen LogP contribution in [0.3, 0.4) is 0 Å². The average Bonchev–Trinajstić information content (AvgIpc) is 3.21. The Morgan fingerprint density at radius 2 is 2.24 bits per heavy atom. The number of rotatable bonds is 5. The molecule has 3 rings (SSSR count). The summed E-state index contributed by atoms with van der Waals surface area (Å²) < 4.78 is 11.1. The number of thiophene rings is 1. The fourth-order valence-corrected chi connectivity index (χ4v) is 3.71. The standard InChI is InChI=1S/C14H18N2O4S/c1-2-19-14-10-8(5-6-20-14)9(11(15)17)13(21-10)16-12(18)7-3-4-7/h7,14H,2-6H2,1H3,(H2,15,17)(H,16,18). The molecule has 1 fully saturated rings. The molecular formula is C14H18N2O4S. The third-order valence-corrected chi connectivity index (χ3v) is 4.79. The predicted octanol–water partition coefficient (Wildman–Crippen LogP) is 1.80. The molecule has 7 heteroatoms. The molecule has 6 nitrogen and oxygen atoms in total. The highest BCUT2D eigenvalue weighted by Gasteiger charge is 2.34. The number of nitrogens with one attached hydrogen (secondary N) is 1. The van der Waals surface area contributed by atoms with Crippen LogP contribution in [0.5, 0.6) is 0 Å². The lowest BCUT2D eigenvalue weighted by Gasteiger charge is -2.22. The monoisotopic (exact) mass is 310 g/mol. The van der Waals surface area contributed by atoms with Crippen molar-refractivity contribution in [3.05, 3.63) is 16.0 Å². The zero-order valence-electron chi connectivity index (χ0n) is 11.8. The van der Waals surface area contributed by atoms with Gasteiger partial charge in [-0.1, -0.05) is 0 Å². The number of nitrogens with two attached hydrogens (primary N) is 1. The highest BCUT2D eigenvalue weighted by Crippen LogP contribution is 2.42. The molecule has 3 N–H and O–H groups in total. The second kappa shape index (κ2) is 5.75. The molecule has 21 heavy (non-hydrogen) atoms. The fourth-order valence-electron chi connectivity index (χ4n) is 2.45. The average molecular weight is 310 g/mol. The number of anilines is 1. The molecule has 0 aromatic carbocycles. The number of carbonyl (C=O) groups excluding carboxylic acids is 2.